The van der Waals surface area contributed by atoms with Crippen molar-refractivity contribution in [2.45, 2.75) is 78.6 Å². The van der Waals surface area contributed by atoms with Gasteiger partial charge in [-0.3, -0.25) is 0 Å². The summed E-state index contributed by atoms with van der Waals surface area (Å²) in [6.45, 7) is 7.57. The lowest BCUT2D eigenvalue weighted by molar-refractivity contribution is 0.303. The van der Waals surface area contributed by atoms with E-state index in [1.54, 1.807) is 0 Å². The minimum Gasteiger partial charge on any atom is -0.493 e. The Balaban J connectivity index is 2.39. The molecule has 1 aromatic rings. The largest absolute Gasteiger partial charge is 0.493 e. The second-order valence-corrected chi connectivity index (χ2v) is 5.76. The maximum absolute atomic E-state index is 5.95. The van der Waals surface area contributed by atoms with Crippen LogP contribution >= 0.6 is 0 Å². The van der Waals surface area contributed by atoms with Gasteiger partial charge >= 0.3 is 0 Å². The molecule has 0 aliphatic carbocycles. The molecule has 0 aromatic heterocycles. The molecule has 0 bridgehead atoms. The fourth-order valence-electron chi connectivity index (χ4n) is 2.54. The van der Waals surface area contributed by atoms with Crippen LogP contribution in [0.3, 0.4) is 0 Å². The quantitative estimate of drug-likeness (QED) is 0.445. The number of aryl methyl sites for hydroxylation is 1. The van der Waals surface area contributed by atoms with Crippen LogP contribution in [-0.4, -0.2) is 6.61 Å². The molecule has 0 unspecified atom stereocenters. The van der Waals surface area contributed by atoms with Crippen LogP contribution in [-0.2, 0) is 6.42 Å². The van der Waals surface area contributed by atoms with Crippen LogP contribution in [0.25, 0.3) is 0 Å². The summed E-state index contributed by atoms with van der Waals surface area (Å²) in [5.41, 5.74) is 2.81. The Morgan fingerprint density at radius 1 is 0.850 bits per heavy atom. The first kappa shape index (κ1) is 17.1. The molecule has 0 heterocycles. The number of rotatable bonds is 11. The van der Waals surface area contributed by atoms with Gasteiger partial charge in [0.1, 0.15) is 5.75 Å². The first-order valence-electron chi connectivity index (χ1n) is 8.50. The smallest absolute Gasteiger partial charge is 0.122 e. The Morgan fingerprint density at radius 3 is 2.25 bits per heavy atom. The lowest BCUT2D eigenvalue weighted by atomic mass is 10.0. The molecule has 114 valence electrons. The van der Waals surface area contributed by atoms with E-state index in [4.69, 9.17) is 4.74 Å². The van der Waals surface area contributed by atoms with Gasteiger partial charge in [0, 0.05) is 0 Å². The summed E-state index contributed by atoms with van der Waals surface area (Å²) in [5, 5.41) is 0. The van der Waals surface area contributed by atoms with Crippen molar-refractivity contribution in [3.8, 4) is 5.75 Å². The van der Waals surface area contributed by atoms with Crippen LogP contribution in [0, 0.1) is 6.92 Å². The van der Waals surface area contributed by atoms with Gasteiger partial charge in [-0.05, 0) is 43.4 Å². The van der Waals surface area contributed by atoms with Crippen molar-refractivity contribution < 1.29 is 4.74 Å². The van der Waals surface area contributed by atoms with E-state index in [2.05, 4.69) is 39.0 Å². The van der Waals surface area contributed by atoms with Gasteiger partial charge in [-0.25, -0.2) is 0 Å². The molecule has 0 N–H and O–H groups in total. The Morgan fingerprint density at radius 2 is 1.55 bits per heavy atom. The molecule has 0 fully saturated rings. The maximum Gasteiger partial charge on any atom is 0.122 e. The van der Waals surface area contributed by atoms with Gasteiger partial charge in [0.2, 0.25) is 0 Å². The second kappa shape index (κ2) is 10.8. The van der Waals surface area contributed by atoms with E-state index >= 15 is 0 Å². The molecule has 20 heavy (non-hydrogen) atoms. The second-order valence-electron chi connectivity index (χ2n) is 5.76. The average molecular weight is 276 g/mol. The molecule has 1 aromatic carbocycles. The molecule has 1 heteroatoms. The highest BCUT2D eigenvalue weighted by Gasteiger charge is 2.04. The van der Waals surface area contributed by atoms with Crippen LogP contribution < -0.4 is 4.74 Å². The summed E-state index contributed by atoms with van der Waals surface area (Å²) in [5.74, 6) is 1.09. The van der Waals surface area contributed by atoms with Gasteiger partial charge in [0.25, 0.3) is 0 Å². The lowest BCUT2D eigenvalue weighted by Crippen LogP contribution is -2.01. The van der Waals surface area contributed by atoms with E-state index in [0.717, 1.165) is 12.4 Å². The predicted molar refractivity (Wildman–Crippen MR) is 88.7 cm³/mol. The third-order valence-electron chi connectivity index (χ3n) is 3.95. The SMILES string of the molecule is CCCCCCOc1cccc(CCCCCC)c1C. The summed E-state index contributed by atoms with van der Waals surface area (Å²) >= 11 is 0. The highest BCUT2D eigenvalue weighted by Crippen LogP contribution is 2.23. The zero-order valence-electron chi connectivity index (χ0n) is 13.7. The Labute approximate surface area is 125 Å². The zero-order chi connectivity index (χ0) is 14.6. The zero-order valence-corrected chi connectivity index (χ0v) is 13.7. The summed E-state index contributed by atoms with van der Waals surface area (Å²) in [6, 6.07) is 6.51. The van der Waals surface area contributed by atoms with Crippen molar-refractivity contribution in [3.63, 3.8) is 0 Å². The third-order valence-corrected chi connectivity index (χ3v) is 3.95. The molecule has 0 aliphatic rings. The molecule has 0 aliphatic heterocycles. The molecule has 0 radical (unpaired) electrons. The third kappa shape index (κ3) is 6.45. The average Bonchev–Trinajstić information content (AvgIpc) is 2.46. The van der Waals surface area contributed by atoms with Crippen molar-refractivity contribution in [2.24, 2.45) is 0 Å². The summed E-state index contributed by atoms with van der Waals surface area (Å²) in [7, 11) is 0. The van der Waals surface area contributed by atoms with E-state index in [1.807, 2.05) is 0 Å². The first-order valence-corrected chi connectivity index (χ1v) is 8.50. The number of ether oxygens (including phenoxy) is 1. The number of unbranched alkanes of at least 4 members (excludes halogenated alkanes) is 6. The van der Waals surface area contributed by atoms with E-state index in [0.29, 0.717) is 0 Å². The van der Waals surface area contributed by atoms with Gasteiger partial charge in [0.05, 0.1) is 6.61 Å². The first-order chi connectivity index (χ1) is 9.79. The van der Waals surface area contributed by atoms with E-state index in [1.165, 1.54) is 68.9 Å². The van der Waals surface area contributed by atoms with Crippen molar-refractivity contribution in [1.29, 1.82) is 0 Å². The van der Waals surface area contributed by atoms with Gasteiger partial charge in [-0.1, -0.05) is 64.5 Å². The van der Waals surface area contributed by atoms with E-state index < -0.39 is 0 Å². The lowest BCUT2D eigenvalue weighted by Gasteiger charge is -2.12. The molecule has 1 rings (SSSR count). The van der Waals surface area contributed by atoms with Crippen LogP contribution in [0.4, 0.5) is 0 Å². The predicted octanol–water partition coefficient (Wildman–Crippen LogP) is 6.08. The van der Waals surface area contributed by atoms with Gasteiger partial charge in [0.15, 0.2) is 0 Å². The van der Waals surface area contributed by atoms with Gasteiger partial charge in [-0.2, -0.15) is 0 Å². The molecular formula is C19H32O. The van der Waals surface area contributed by atoms with E-state index in [9.17, 15) is 0 Å². The molecule has 0 saturated heterocycles. The Hall–Kier alpha value is -0.980. The minimum atomic E-state index is 0.861. The monoisotopic (exact) mass is 276 g/mol. The van der Waals surface area contributed by atoms with Gasteiger partial charge < -0.3 is 4.74 Å². The molecule has 1 nitrogen and oxygen atoms in total. The molecular weight excluding hydrogens is 244 g/mol. The number of benzene rings is 1. The molecule has 0 spiro atoms. The van der Waals surface area contributed by atoms with Crippen molar-refractivity contribution in [2.75, 3.05) is 6.61 Å². The summed E-state index contributed by atoms with van der Waals surface area (Å²) in [6.07, 6.45) is 11.6. The van der Waals surface area contributed by atoms with E-state index in [-0.39, 0.29) is 0 Å². The topological polar surface area (TPSA) is 9.23 Å². The van der Waals surface area contributed by atoms with Gasteiger partial charge in [-0.15, -0.1) is 0 Å². The molecule has 0 atom stereocenters. The maximum atomic E-state index is 5.95. The fourth-order valence-corrected chi connectivity index (χ4v) is 2.54. The molecule has 0 amide bonds. The summed E-state index contributed by atoms with van der Waals surface area (Å²) in [4.78, 5) is 0. The van der Waals surface area contributed by atoms with Crippen LogP contribution in [0.1, 0.15) is 76.3 Å². The van der Waals surface area contributed by atoms with Crippen LogP contribution in [0.15, 0.2) is 18.2 Å². The normalized spacial score (nSPS) is 10.8. The fraction of sp³-hybridized carbons (Fsp3) is 0.684. The standard InChI is InChI=1S/C19H32O/c1-4-6-8-10-13-18-14-12-15-19(17(18)3)20-16-11-9-7-5-2/h12,14-15H,4-11,13,16H2,1-3H3. The summed E-state index contributed by atoms with van der Waals surface area (Å²) < 4.78 is 5.95. The van der Waals surface area contributed by atoms with Crippen LogP contribution in [0.5, 0.6) is 5.75 Å². The van der Waals surface area contributed by atoms with Crippen LogP contribution in [0.2, 0.25) is 0 Å². The Bertz CT molecular complexity index is 357. The van der Waals surface area contributed by atoms with Crippen molar-refractivity contribution in [1.82, 2.24) is 0 Å². The van der Waals surface area contributed by atoms with Crippen molar-refractivity contribution in [3.05, 3.63) is 29.3 Å². The molecule has 0 saturated carbocycles. The number of hydrogen-bond donors (Lipinski definition) is 0. The highest BCUT2D eigenvalue weighted by atomic mass is 16.5. The minimum absolute atomic E-state index is 0.861. The highest BCUT2D eigenvalue weighted by molar-refractivity contribution is 5.39. The van der Waals surface area contributed by atoms with Crippen molar-refractivity contribution >= 4 is 0 Å². The Kier molecular flexibility index (Phi) is 9.19. The number of hydrogen-bond acceptors (Lipinski definition) is 1.